The van der Waals surface area contributed by atoms with Crippen LogP contribution in [0.5, 0.6) is 0 Å². The third-order valence-corrected chi connectivity index (χ3v) is 6.51. The summed E-state index contributed by atoms with van der Waals surface area (Å²) in [6.07, 6.45) is 0. The van der Waals surface area contributed by atoms with Crippen LogP contribution in [0.2, 0.25) is 0 Å². The van der Waals surface area contributed by atoms with E-state index >= 15 is 0 Å². The van der Waals surface area contributed by atoms with Gasteiger partial charge in [0.2, 0.25) is 0 Å². The molecule has 0 bridgehead atoms. The molecule has 0 amide bonds. The molecule has 0 aliphatic heterocycles. The summed E-state index contributed by atoms with van der Waals surface area (Å²) in [5, 5.41) is 6.78. The molecule has 0 aliphatic carbocycles. The number of anilines is 4. The molecule has 0 atom stereocenters. The van der Waals surface area contributed by atoms with Gasteiger partial charge in [0.05, 0.1) is 36.7 Å². The van der Waals surface area contributed by atoms with E-state index in [1.54, 1.807) is 12.1 Å². The molecular weight excluding hydrogens is 500 g/mol. The van der Waals surface area contributed by atoms with E-state index in [0.29, 0.717) is 11.4 Å². The van der Waals surface area contributed by atoms with Crippen molar-refractivity contribution in [1.82, 2.24) is 0 Å². The number of carbonyl (C=O) groups is 2. The summed E-state index contributed by atoms with van der Waals surface area (Å²) in [5.74, 6) is -1.27. The lowest BCUT2D eigenvalue weighted by atomic mass is 10.0. The van der Waals surface area contributed by atoms with Gasteiger partial charge in [-0.3, -0.25) is 0 Å². The van der Waals surface area contributed by atoms with Crippen LogP contribution in [0, 0.1) is 0 Å². The standard InChI is InChI=1S/C34H28N2O4/c1-39-33(37)29-21-31(35-27-17-13-25(14-18-27)23-9-5-3-6-10-23)32(22-30(29)34(38)40-2)36-28-19-15-26(16-20-28)24-11-7-4-8-12-24/h3-22,35-36H,1-2H3. The summed E-state index contributed by atoms with van der Waals surface area (Å²) < 4.78 is 9.92. The number of carbonyl (C=O) groups excluding carboxylic acids is 2. The molecule has 0 spiro atoms. The number of nitrogens with one attached hydrogen (secondary N) is 2. The number of esters is 2. The van der Waals surface area contributed by atoms with E-state index in [1.807, 2.05) is 84.9 Å². The highest BCUT2D eigenvalue weighted by Crippen LogP contribution is 2.34. The van der Waals surface area contributed by atoms with Crippen molar-refractivity contribution in [1.29, 1.82) is 0 Å². The van der Waals surface area contributed by atoms with Crippen molar-refractivity contribution in [3.05, 3.63) is 132 Å². The molecule has 5 aromatic carbocycles. The van der Waals surface area contributed by atoms with Crippen LogP contribution in [0.1, 0.15) is 20.7 Å². The molecule has 0 saturated heterocycles. The number of methoxy groups -OCH3 is 2. The van der Waals surface area contributed by atoms with Crippen LogP contribution in [0.3, 0.4) is 0 Å². The van der Waals surface area contributed by atoms with Gasteiger partial charge >= 0.3 is 11.9 Å². The Hall–Kier alpha value is -5.36. The largest absolute Gasteiger partial charge is 0.465 e. The van der Waals surface area contributed by atoms with Crippen molar-refractivity contribution in [2.75, 3.05) is 24.9 Å². The summed E-state index contributed by atoms with van der Waals surface area (Å²) in [5.41, 5.74) is 7.40. The van der Waals surface area contributed by atoms with Gasteiger partial charge in [-0.05, 0) is 58.7 Å². The fourth-order valence-electron chi connectivity index (χ4n) is 4.43. The highest BCUT2D eigenvalue weighted by molar-refractivity contribution is 6.06. The lowest BCUT2D eigenvalue weighted by Gasteiger charge is -2.18. The molecule has 5 aromatic rings. The highest BCUT2D eigenvalue weighted by Gasteiger charge is 2.22. The Kier molecular flexibility index (Phi) is 7.88. The van der Waals surface area contributed by atoms with Crippen molar-refractivity contribution in [3.63, 3.8) is 0 Å². The molecule has 198 valence electrons. The van der Waals surface area contributed by atoms with Gasteiger partial charge in [-0.15, -0.1) is 0 Å². The van der Waals surface area contributed by atoms with Gasteiger partial charge in [0.15, 0.2) is 0 Å². The summed E-state index contributed by atoms with van der Waals surface area (Å²) in [4.78, 5) is 25.2. The average Bonchev–Trinajstić information content (AvgIpc) is 3.02. The van der Waals surface area contributed by atoms with E-state index in [-0.39, 0.29) is 11.1 Å². The molecular formula is C34H28N2O4. The summed E-state index contributed by atoms with van der Waals surface area (Å²) >= 11 is 0. The van der Waals surface area contributed by atoms with Crippen LogP contribution in [-0.4, -0.2) is 26.2 Å². The fourth-order valence-corrected chi connectivity index (χ4v) is 4.43. The lowest BCUT2D eigenvalue weighted by Crippen LogP contribution is -2.13. The van der Waals surface area contributed by atoms with E-state index in [0.717, 1.165) is 33.6 Å². The van der Waals surface area contributed by atoms with Gasteiger partial charge in [0.25, 0.3) is 0 Å². The first kappa shape index (κ1) is 26.3. The minimum Gasteiger partial charge on any atom is -0.465 e. The van der Waals surface area contributed by atoms with Crippen molar-refractivity contribution < 1.29 is 19.1 Å². The maximum absolute atomic E-state index is 12.6. The zero-order valence-electron chi connectivity index (χ0n) is 22.2. The van der Waals surface area contributed by atoms with E-state index in [2.05, 4.69) is 34.9 Å². The van der Waals surface area contributed by atoms with Gasteiger partial charge in [0.1, 0.15) is 0 Å². The lowest BCUT2D eigenvalue weighted by molar-refractivity contribution is 0.0555. The molecule has 6 heteroatoms. The Bertz CT molecular complexity index is 1490. The van der Waals surface area contributed by atoms with Crippen LogP contribution in [0.25, 0.3) is 22.3 Å². The quantitative estimate of drug-likeness (QED) is 0.198. The van der Waals surface area contributed by atoms with Gasteiger partial charge in [-0.25, -0.2) is 9.59 Å². The van der Waals surface area contributed by atoms with Crippen LogP contribution in [0.15, 0.2) is 121 Å². The Morgan fingerprint density at radius 1 is 0.475 bits per heavy atom. The Morgan fingerprint density at radius 2 is 0.800 bits per heavy atom. The molecule has 6 nitrogen and oxygen atoms in total. The number of benzene rings is 5. The third-order valence-electron chi connectivity index (χ3n) is 6.51. The second-order valence-corrected chi connectivity index (χ2v) is 9.06. The van der Waals surface area contributed by atoms with Gasteiger partial charge in [-0.1, -0.05) is 84.9 Å². The Labute approximate surface area is 233 Å². The van der Waals surface area contributed by atoms with Crippen LogP contribution >= 0.6 is 0 Å². The van der Waals surface area contributed by atoms with Gasteiger partial charge in [0, 0.05) is 11.4 Å². The second kappa shape index (κ2) is 12.0. The molecule has 5 rings (SSSR count). The van der Waals surface area contributed by atoms with E-state index in [1.165, 1.54) is 14.2 Å². The van der Waals surface area contributed by atoms with Crippen LogP contribution < -0.4 is 10.6 Å². The van der Waals surface area contributed by atoms with Crippen molar-refractivity contribution in [2.45, 2.75) is 0 Å². The SMILES string of the molecule is COC(=O)c1cc(Nc2ccc(-c3ccccc3)cc2)c(Nc2ccc(-c3ccccc3)cc2)cc1C(=O)OC. The molecule has 2 N–H and O–H groups in total. The number of rotatable bonds is 8. The van der Waals surface area contributed by atoms with Gasteiger partial charge in [-0.2, -0.15) is 0 Å². The molecule has 0 saturated carbocycles. The fraction of sp³-hybridized carbons (Fsp3) is 0.0588. The third kappa shape index (κ3) is 5.87. The zero-order chi connectivity index (χ0) is 27.9. The van der Waals surface area contributed by atoms with Crippen LogP contribution in [-0.2, 0) is 9.47 Å². The molecule has 0 fully saturated rings. The maximum Gasteiger partial charge on any atom is 0.338 e. The molecule has 0 aromatic heterocycles. The summed E-state index contributed by atoms with van der Waals surface area (Å²) in [7, 11) is 2.55. The zero-order valence-corrected chi connectivity index (χ0v) is 22.2. The maximum atomic E-state index is 12.6. The molecule has 0 heterocycles. The van der Waals surface area contributed by atoms with E-state index in [4.69, 9.17) is 9.47 Å². The van der Waals surface area contributed by atoms with Gasteiger partial charge < -0.3 is 20.1 Å². The van der Waals surface area contributed by atoms with Crippen LogP contribution in [0.4, 0.5) is 22.7 Å². The Balaban J connectivity index is 1.51. The first-order valence-corrected chi connectivity index (χ1v) is 12.8. The molecule has 40 heavy (non-hydrogen) atoms. The first-order chi connectivity index (χ1) is 19.6. The predicted molar refractivity (Wildman–Crippen MR) is 159 cm³/mol. The normalized spacial score (nSPS) is 10.4. The van der Waals surface area contributed by atoms with Crippen molar-refractivity contribution >= 4 is 34.7 Å². The summed E-state index contributed by atoms with van der Waals surface area (Å²) in [6, 6.07) is 39.4. The van der Waals surface area contributed by atoms with Crippen molar-refractivity contribution in [2.24, 2.45) is 0 Å². The number of hydrogen-bond donors (Lipinski definition) is 2. The number of hydrogen-bond acceptors (Lipinski definition) is 6. The predicted octanol–water partition coefficient (Wildman–Crippen LogP) is 8.08. The molecule has 0 radical (unpaired) electrons. The minimum absolute atomic E-state index is 0.0998. The topological polar surface area (TPSA) is 76.7 Å². The van der Waals surface area contributed by atoms with E-state index < -0.39 is 11.9 Å². The minimum atomic E-state index is -0.637. The van der Waals surface area contributed by atoms with E-state index in [9.17, 15) is 9.59 Å². The molecule has 0 aliphatic rings. The highest BCUT2D eigenvalue weighted by atomic mass is 16.5. The smallest absolute Gasteiger partial charge is 0.338 e. The first-order valence-electron chi connectivity index (χ1n) is 12.8. The number of ether oxygens (including phenoxy) is 2. The Morgan fingerprint density at radius 3 is 1.12 bits per heavy atom. The molecule has 0 unspecified atom stereocenters. The average molecular weight is 529 g/mol. The second-order valence-electron chi connectivity index (χ2n) is 9.06. The van der Waals surface area contributed by atoms with Crippen molar-refractivity contribution in [3.8, 4) is 22.3 Å². The monoisotopic (exact) mass is 528 g/mol. The summed E-state index contributed by atoms with van der Waals surface area (Å²) in [6.45, 7) is 0.